The summed E-state index contributed by atoms with van der Waals surface area (Å²) in [5.41, 5.74) is 0.706. The van der Waals surface area contributed by atoms with Crippen molar-refractivity contribution in [2.24, 2.45) is 0 Å². The SMILES string of the molecule is O=c1[nH]c(SCCc2ccc(C(F)(F)F)cc2O)nc2c1nc(-c1ccc(Cl)cc1)n2C1CC1. The molecule has 6 nitrogen and oxygen atoms in total. The van der Waals surface area contributed by atoms with Gasteiger partial charge in [0.2, 0.25) is 0 Å². The maximum atomic E-state index is 12.8. The summed E-state index contributed by atoms with van der Waals surface area (Å²) < 4.78 is 40.4. The van der Waals surface area contributed by atoms with Crippen LogP contribution in [-0.2, 0) is 12.6 Å². The molecule has 0 amide bonds. The van der Waals surface area contributed by atoms with Crippen LogP contribution in [0, 0.1) is 0 Å². The number of hydrogen-bond donors (Lipinski definition) is 2. The normalized spacial score (nSPS) is 14.1. The van der Waals surface area contributed by atoms with Crippen molar-refractivity contribution < 1.29 is 18.3 Å². The van der Waals surface area contributed by atoms with Gasteiger partial charge in [0.25, 0.3) is 5.56 Å². The predicted octanol–water partition coefficient (Wildman–Crippen LogP) is 5.83. The molecule has 34 heavy (non-hydrogen) atoms. The average Bonchev–Trinajstić information content (AvgIpc) is 3.54. The topological polar surface area (TPSA) is 83.8 Å². The summed E-state index contributed by atoms with van der Waals surface area (Å²) in [5, 5.41) is 11.0. The molecule has 1 aliphatic carbocycles. The maximum Gasteiger partial charge on any atom is 0.416 e. The molecule has 0 radical (unpaired) electrons. The van der Waals surface area contributed by atoms with Crippen LogP contribution in [0.2, 0.25) is 5.02 Å². The van der Waals surface area contributed by atoms with Gasteiger partial charge in [-0.25, -0.2) is 9.97 Å². The number of aromatic amines is 1. The van der Waals surface area contributed by atoms with E-state index >= 15 is 0 Å². The standard InChI is InChI=1S/C23H18ClF3N4O2S/c24-15-5-2-13(3-6-15)19-28-18-20(31(19)16-7-8-16)29-22(30-21(18)33)34-10-9-12-1-4-14(11-17(12)32)23(25,26)27/h1-6,11,16,32H,7-10H2,(H,29,30,33). The van der Waals surface area contributed by atoms with Crippen molar-refractivity contribution in [2.45, 2.75) is 36.6 Å². The largest absolute Gasteiger partial charge is 0.508 e. The molecule has 2 N–H and O–H groups in total. The summed E-state index contributed by atoms with van der Waals surface area (Å²) in [6, 6.07) is 10.4. The van der Waals surface area contributed by atoms with Crippen LogP contribution in [0.3, 0.4) is 0 Å². The van der Waals surface area contributed by atoms with Crippen molar-refractivity contribution in [2.75, 3.05) is 5.75 Å². The summed E-state index contributed by atoms with van der Waals surface area (Å²) in [7, 11) is 0. The van der Waals surface area contributed by atoms with E-state index in [9.17, 15) is 23.1 Å². The van der Waals surface area contributed by atoms with E-state index < -0.39 is 17.5 Å². The van der Waals surface area contributed by atoms with Crippen LogP contribution in [0.15, 0.2) is 52.4 Å². The molecule has 0 bridgehead atoms. The van der Waals surface area contributed by atoms with Crippen LogP contribution in [0.1, 0.15) is 30.0 Å². The van der Waals surface area contributed by atoms with E-state index in [1.807, 2.05) is 16.7 Å². The Kier molecular flexibility index (Phi) is 5.81. The zero-order valence-corrected chi connectivity index (χ0v) is 19.1. The van der Waals surface area contributed by atoms with E-state index in [4.69, 9.17) is 11.6 Å². The zero-order chi connectivity index (χ0) is 24.0. The van der Waals surface area contributed by atoms with E-state index in [0.717, 1.165) is 30.5 Å². The molecule has 1 aliphatic rings. The first kappa shape index (κ1) is 22.8. The number of aryl methyl sites for hydroxylation is 1. The minimum atomic E-state index is -4.51. The lowest BCUT2D eigenvalue weighted by Crippen LogP contribution is -2.10. The highest BCUT2D eigenvalue weighted by Crippen LogP contribution is 2.40. The van der Waals surface area contributed by atoms with Crippen LogP contribution in [0.4, 0.5) is 13.2 Å². The molecule has 0 atom stereocenters. The van der Waals surface area contributed by atoms with E-state index in [-0.39, 0.29) is 17.1 Å². The smallest absolute Gasteiger partial charge is 0.416 e. The fourth-order valence-electron chi connectivity index (χ4n) is 3.72. The Morgan fingerprint density at radius 3 is 2.53 bits per heavy atom. The lowest BCUT2D eigenvalue weighted by Gasteiger charge is -2.10. The molecule has 5 rings (SSSR count). The Labute approximate surface area is 200 Å². The lowest BCUT2D eigenvalue weighted by molar-refractivity contribution is -0.137. The quantitative estimate of drug-likeness (QED) is 0.254. The number of phenols is 1. The van der Waals surface area contributed by atoms with Gasteiger partial charge < -0.3 is 9.67 Å². The van der Waals surface area contributed by atoms with Crippen molar-refractivity contribution >= 4 is 34.5 Å². The fraction of sp³-hybridized carbons (Fsp3) is 0.261. The first-order valence-electron chi connectivity index (χ1n) is 10.5. The number of hydrogen-bond acceptors (Lipinski definition) is 5. The molecule has 2 aromatic heterocycles. The van der Waals surface area contributed by atoms with Gasteiger partial charge in [-0.05, 0) is 61.2 Å². The number of halogens is 4. The zero-order valence-electron chi connectivity index (χ0n) is 17.6. The molecule has 0 spiro atoms. The highest BCUT2D eigenvalue weighted by Gasteiger charge is 2.32. The number of nitrogens with one attached hydrogen (secondary N) is 1. The number of rotatable bonds is 6. The monoisotopic (exact) mass is 506 g/mol. The summed E-state index contributed by atoms with van der Waals surface area (Å²) >= 11 is 7.26. The van der Waals surface area contributed by atoms with Gasteiger partial charge in [0.05, 0.1) is 5.56 Å². The van der Waals surface area contributed by atoms with Crippen molar-refractivity contribution in [1.29, 1.82) is 0 Å². The first-order valence-corrected chi connectivity index (χ1v) is 11.9. The number of phenolic OH excluding ortho intramolecular Hbond substituents is 1. The number of H-pyrrole nitrogens is 1. The predicted molar refractivity (Wildman–Crippen MR) is 124 cm³/mol. The summed E-state index contributed by atoms with van der Waals surface area (Å²) in [4.78, 5) is 24.7. The third-order valence-corrected chi connectivity index (χ3v) is 6.69. The highest BCUT2D eigenvalue weighted by atomic mass is 35.5. The molecular weight excluding hydrogens is 489 g/mol. The molecule has 0 aliphatic heterocycles. The maximum absolute atomic E-state index is 12.8. The molecule has 4 aromatic rings. The van der Waals surface area contributed by atoms with E-state index in [2.05, 4.69) is 15.0 Å². The molecule has 2 aromatic carbocycles. The van der Waals surface area contributed by atoms with E-state index in [1.165, 1.54) is 17.8 Å². The van der Waals surface area contributed by atoms with Gasteiger partial charge in [-0.3, -0.25) is 9.78 Å². The van der Waals surface area contributed by atoms with Gasteiger partial charge in [-0.15, -0.1) is 0 Å². The van der Waals surface area contributed by atoms with Gasteiger partial charge in [-0.2, -0.15) is 13.2 Å². The third kappa shape index (κ3) is 4.52. The fourth-order valence-corrected chi connectivity index (χ4v) is 4.68. The molecular formula is C23H18ClF3N4O2S. The van der Waals surface area contributed by atoms with Crippen LogP contribution < -0.4 is 5.56 Å². The molecule has 2 heterocycles. The summed E-state index contributed by atoms with van der Waals surface area (Å²) in [6.45, 7) is 0. The molecule has 11 heteroatoms. The van der Waals surface area contributed by atoms with Crippen LogP contribution >= 0.6 is 23.4 Å². The summed E-state index contributed by atoms with van der Waals surface area (Å²) in [5.74, 6) is 0.644. The second-order valence-electron chi connectivity index (χ2n) is 8.03. The van der Waals surface area contributed by atoms with E-state index in [1.54, 1.807) is 12.1 Å². The van der Waals surface area contributed by atoms with Crippen LogP contribution in [-0.4, -0.2) is 30.4 Å². The van der Waals surface area contributed by atoms with Crippen molar-refractivity contribution in [3.05, 3.63) is 69.0 Å². The Bertz CT molecular complexity index is 1430. The Morgan fingerprint density at radius 2 is 1.88 bits per heavy atom. The number of imidazole rings is 1. The molecule has 0 saturated heterocycles. The Hall–Kier alpha value is -2.98. The van der Waals surface area contributed by atoms with Gasteiger partial charge in [-0.1, -0.05) is 29.4 Å². The average molecular weight is 507 g/mol. The summed E-state index contributed by atoms with van der Waals surface area (Å²) in [6.07, 6.45) is -2.28. The van der Waals surface area contributed by atoms with E-state index in [0.29, 0.717) is 39.4 Å². The first-order chi connectivity index (χ1) is 16.2. The molecule has 176 valence electrons. The molecule has 0 unspecified atom stereocenters. The molecule has 1 fully saturated rings. The Morgan fingerprint density at radius 1 is 1.15 bits per heavy atom. The van der Waals surface area contributed by atoms with Gasteiger partial charge in [0.15, 0.2) is 16.3 Å². The Balaban J connectivity index is 1.40. The minimum Gasteiger partial charge on any atom is -0.508 e. The highest BCUT2D eigenvalue weighted by molar-refractivity contribution is 7.99. The van der Waals surface area contributed by atoms with Crippen LogP contribution in [0.25, 0.3) is 22.6 Å². The number of benzene rings is 2. The number of aromatic hydroxyl groups is 1. The van der Waals surface area contributed by atoms with Crippen molar-refractivity contribution in [1.82, 2.24) is 19.5 Å². The number of aromatic nitrogens is 4. The number of alkyl halides is 3. The molecule has 1 saturated carbocycles. The van der Waals surface area contributed by atoms with Gasteiger partial charge in [0, 0.05) is 22.4 Å². The van der Waals surface area contributed by atoms with Crippen LogP contribution in [0.5, 0.6) is 5.75 Å². The second-order valence-corrected chi connectivity index (χ2v) is 9.55. The number of thioether (sulfide) groups is 1. The lowest BCUT2D eigenvalue weighted by atomic mass is 10.1. The van der Waals surface area contributed by atoms with Crippen molar-refractivity contribution in [3.8, 4) is 17.1 Å². The number of nitrogens with zero attached hydrogens (tertiary/aromatic N) is 3. The minimum absolute atomic E-state index is 0.215. The van der Waals surface area contributed by atoms with Crippen molar-refractivity contribution in [3.63, 3.8) is 0 Å². The van der Waals surface area contributed by atoms with Gasteiger partial charge in [0.1, 0.15) is 11.6 Å². The second kappa shape index (κ2) is 8.66. The third-order valence-electron chi connectivity index (χ3n) is 5.57. The van der Waals surface area contributed by atoms with Gasteiger partial charge >= 0.3 is 6.18 Å². The number of fused-ring (bicyclic) bond motifs is 1.